The Kier molecular flexibility index (Phi) is 4.07. The molecule has 2 aromatic rings. The van der Waals surface area contributed by atoms with Gasteiger partial charge in [-0.2, -0.15) is 0 Å². The highest BCUT2D eigenvalue weighted by Crippen LogP contribution is 2.41. The molecule has 0 bridgehead atoms. The van der Waals surface area contributed by atoms with Gasteiger partial charge in [0.05, 0.1) is 19.9 Å². The van der Waals surface area contributed by atoms with E-state index in [0.717, 1.165) is 12.1 Å². The first-order valence-corrected chi connectivity index (χ1v) is 6.45. The topological polar surface area (TPSA) is 138 Å². The van der Waals surface area contributed by atoms with Gasteiger partial charge in [-0.3, -0.25) is 20.2 Å². The second-order valence-corrected chi connectivity index (χ2v) is 5.11. The molecule has 2 aromatic carbocycles. The van der Waals surface area contributed by atoms with Crippen LogP contribution in [0.3, 0.4) is 0 Å². The van der Waals surface area contributed by atoms with E-state index >= 15 is 0 Å². The van der Waals surface area contributed by atoms with Gasteiger partial charge in [-0.25, -0.2) is 0 Å². The van der Waals surface area contributed by atoms with Crippen molar-refractivity contribution >= 4 is 46.0 Å². The fourth-order valence-electron chi connectivity index (χ4n) is 1.88. The van der Waals surface area contributed by atoms with Crippen molar-refractivity contribution in [2.45, 2.75) is 0 Å². The minimum Gasteiger partial charge on any atom is -0.393 e. The molecule has 0 unspecified atom stereocenters. The predicted molar refractivity (Wildman–Crippen MR) is 84.0 cm³/mol. The van der Waals surface area contributed by atoms with E-state index in [0.29, 0.717) is 0 Å². The fourth-order valence-corrected chi connectivity index (χ4v) is 2.43. The number of halogens is 2. The quantitative estimate of drug-likeness (QED) is 0.495. The van der Waals surface area contributed by atoms with Crippen molar-refractivity contribution < 1.29 is 9.85 Å². The zero-order valence-corrected chi connectivity index (χ0v) is 12.3. The van der Waals surface area contributed by atoms with Crippen LogP contribution in [0.2, 0.25) is 10.0 Å². The third kappa shape index (κ3) is 2.74. The molecule has 0 atom stereocenters. The number of hydrogen-bond donors (Lipinski definition) is 2. The summed E-state index contributed by atoms with van der Waals surface area (Å²) in [5, 5.41) is 22.1. The molecule has 4 N–H and O–H groups in total. The van der Waals surface area contributed by atoms with Gasteiger partial charge in [0.25, 0.3) is 11.4 Å². The average Bonchev–Trinajstić information content (AvgIpc) is 2.39. The van der Waals surface area contributed by atoms with Gasteiger partial charge in [-0.1, -0.05) is 23.2 Å². The lowest BCUT2D eigenvalue weighted by Gasteiger charge is -2.09. The van der Waals surface area contributed by atoms with Crippen LogP contribution in [-0.2, 0) is 0 Å². The normalized spacial score (nSPS) is 10.5. The molecule has 0 saturated heterocycles. The van der Waals surface area contributed by atoms with Crippen LogP contribution in [-0.4, -0.2) is 9.85 Å². The monoisotopic (exact) mass is 342 g/mol. The molecule has 0 aliphatic rings. The molecule has 0 aromatic heterocycles. The Bertz CT molecular complexity index is 743. The number of nitrogen functional groups attached to an aromatic ring is 2. The number of anilines is 2. The molecule has 2 rings (SSSR count). The van der Waals surface area contributed by atoms with Crippen molar-refractivity contribution in [3.63, 3.8) is 0 Å². The minimum absolute atomic E-state index is 0.0732. The molecule has 0 aliphatic heterocycles. The molecule has 0 radical (unpaired) electrons. The molecule has 10 heteroatoms. The molecular formula is C12H8Cl2N4O4. The van der Waals surface area contributed by atoms with Crippen molar-refractivity contribution in [2.75, 3.05) is 11.5 Å². The van der Waals surface area contributed by atoms with Crippen molar-refractivity contribution in [3.05, 3.63) is 54.5 Å². The van der Waals surface area contributed by atoms with E-state index in [-0.39, 0.29) is 43.9 Å². The lowest BCUT2D eigenvalue weighted by Crippen LogP contribution is -1.99. The molecule has 0 amide bonds. The smallest absolute Gasteiger partial charge is 0.292 e. The van der Waals surface area contributed by atoms with E-state index in [1.165, 1.54) is 12.1 Å². The van der Waals surface area contributed by atoms with E-state index in [1.54, 1.807) is 0 Å². The summed E-state index contributed by atoms with van der Waals surface area (Å²) in [4.78, 5) is 20.5. The first kappa shape index (κ1) is 15.8. The standard InChI is InChI=1S/C12H8Cl2N4O4/c13-7-3-9(15)11(17(19)20)1-5(7)6-2-12(18(21)22)10(16)4-8(6)14/h1-4H,15-16H2. The second kappa shape index (κ2) is 5.66. The predicted octanol–water partition coefficient (Wildman–Crippen LogP) is 3.64. The lowest BCUT2D eigenvalue weighted by atomic mass is 10.0. The molecule has 8 nitrogen and oxygen atoms in total. The number of hydrogen-bond acceptors (Lipinski definition) is 6. The molecule has 0 fully saturated rings. The Morgan fingerprint density at radius 3 is 1.36 bits per heavy atom. The summed E-state index contributed by atoms with van der Waals surface area (Å²) in [7, 11) is 0. The first-order chi connectivity index (χ1) is 10.2. The molecule has 0 spiro atoms. The van der Waals surface area contributed by atoms with Gasteiger partial charge in [0, 0.05) is 23.3 Å². The Morgan fingerprint density at radius 1 is 0.773 bits per heavy atom. The SMILES string of the molecule is Nc1cc(Cl)c(-c2cc([N+](=O)[O-])c(N)cc2Cl)cc1[N+](=O)[O-]. The van der Waals surface area contributed by atoms with Crippen LogP contribution >= 0.6 is 23.2 Å². The number of nitro groups is 2. The number of nitrogens with zero attached hydrogens (tertiary/aromatic N) is 2. The highest BCUT2D eigenvalue weighted by molar-refractivity contribution is 6.37. The van der Waals surface area contributed by atoms with Crippen LogP contribution in [0.1, 0.15) is 0 Å². The Balaban J connectivity index is 2.76. The molecular weight excluding hydrogens is 335 g/mol. The van der Waals surface area contributed by atoms with Crippen molar-refractivity contribution in [1.82, 2.24) is 0 Å². The van der Waals surface area contributed by atoms with Gasteiger partial charge < -0.3 is 11.5 Å². The van der Waals surface area contributed by atoms with Crippen molar-refractivity contribution in [2.24, 2.45) is 0 Å². The van der Waals surface area contributed by atoms with E-state index < -0.39 is 9.85 Å². The third-order valence-electron chi connectivity index (χ3n) is 2.92. The van der Waals surface area contributed by atoms with Gasteiger partial charge in [0.1, 0.15) is 11.4 Å². The first-order valence-electron chi connectivity index (χ1n) is 5.69. The van der Waals surface area contributed by atoms with Gasteiger partial charge >= 0.3 is 0 Å². The summed E-state index contributed by atoms with van der Waals surface area (Å²) in [6.45, 7) is 0. The van der Waals surface area contributed by atoms with Crippen LogP contribution in [0.25, 0.3) is 11.1 Å². The van der Waals surface area contributed by atoms with Gasteiger partial charge in [0.15, 0.2) is 0 Å². The number of nitro benzene ring substituents is 2. The maximum absolute atomic E-state index is 11.0. The summed E-state index contributed by atoms with van der Waals surface area (Å²) in [5.74, 6) is 0. The van der Waals surface area contributed by atoms with Crippen LogP contribution in [0.15, 0.2) is 24.3 Å². The lowest BCUT2D eigenvalue weighted by molar-refractivity contribution is -0.384. The van der Waals surface area contributed by atoms with Crippen molar-refractivity contribution in [1.29, 1.82) is 0 Å². The summed E-state index contributed by atoms with van der Waals surface area (Å²) < 4.78 is 0. The van der Waals surface area contributed by atoms with E-state index in [1.807, 2.05) is 0 Å². The summed E-state index contributed by atoms with van der Waals surface area (Å²) in [6.07, 6.45) is 0. The summed E-state index contributed by atoms with van der Waals surface area (Å²) >= 11 is 12.0. The van der Waals surface area contributed by atoms with E-state index in [9.17, 15) is 20.2 Å². The van der Waals surface area contributed by atoms with Crippen LogP contribution in [0.4, 0.5) is 22.7 Å². The Hall–Kier alpha value is -2.58. The van der Waals surface area contributed by atoms with E-state index in [4.69, 9.17) is 34.7 Å². The molecule has 0 heterocycles. The molecule has 0 aliphatic carbocycles. The van der Waals surface area contributed by atoms with Crippen LogP contribution in [0, 0.1) is 20.2 Å². The maximum atomic E-state index is 11.0. The number of nitrogens with two attached hydrogens (primary N) is 2. The van der Waals surface area contributed by atoms with Crippen LogP contribution in [0.5, 0.6) is 0 Å². The molecule has 0 saturated carbocycles. The highest BCUT2D eigenvalue weighted by Gasteiger charge is 2.21. The third-order valence-corrected chi connectivity index (χ3v) is 3.54. The van der Waals surface area contributed by atoms with Gasteiger partial charge in [0.2, 0.25) is 0 Å². The second-order valence-electron chi connectivity index (χ2n) is 4.30. The van der Waals surface area contributed by atoms with E-state index in [2.05, 4.69) is 0 Å². The number of benzene rings is 2. The zero-order chi connectivity index (χ0) is 16.6. The maximum Gasteiger partial charge on any atom is 0.292 e. The number of rotatable bonds is 3. The summed E-state index contributed by atoms with van der Waals surface area (Å²) in [6, 6.07) is 4.60. The van der Waals surface area contributed by atoms with Crippen molar-refractivity contribution in [3.8, 4) is 11.1 Å². The van der Waals surface area contributed by atoms with Gasteiger partial charge in [-0.05, 0) is 12.1 Å². The summed E-state index contributed by atoms with van der Waals surface area (Å²) in [5.41, 5.74) is 10.3. The minimum atomic E-state index is -0.686. The van der Waals surface area contributed by atoms with Crippen LogP contribution < -0.4 is 11.5 Å². The largest absolute Gasteiger partial charge is 0.393 e. The Labute approximate surface area is 133 Å². The molecule has 114 valence electrons. The zero-order valence-electron chi connectivity index (χ0n) is 10.7. The average molecular weight is 343 g/mol. The highest BCUT2D eigenvalue weighted by atomic mass is 35.5. The fraction of sp³-hybridized carbons (Fsp3) is 0. The molecule has 22 heavy (non-hydrogen) atoms. The Morgan fingerprint density at radius 2 is 1.09 bits per heavy atom. The van der Waals surface area contributed by atoms with Gasteiger partial charge in [-0.15, -0.1) is 0 Å².